The van der Waals surface area contributed by atoms with Crippen LogP contribution in [0.5, 0.6) is 0 Å². The minimum absolute atomic E-state index is 0.0222. The summed E-state index contributed by atoms with van der Waals surface area (Å²) in [4.78, 5) is 34.8. The van der Waals surface area contributed by atoms with E-state index in [1.807, 2.05) is 18.2 Å². The Morgan fingerprint density at radius 3 is 1.77 bits per heavy atom. The summed E-state index contributed by atoms with van der Waals surface area (Å²) in [5, 5.41) is 10.2. The monoisotopic (exact) mass is 808 g/mol. The molecule has 3 atom stereocenters. The van der Waals surface area contributed by atoms with Gasteiger partial charge >= 0.3 is 19.8 Å². The molecule has 0 spiro atoms. The van der Waals surface area contributed by atoms with Gasteiger partial charge in [0.15, 0.2) is 6.10 Å². The van der Waals surface area contributed by atoms with Crippen molar-refractivity contribution in [2.75, 3.05) is 26.4 Å². The molecule has 0 rings (SSSR count). The Bertz CT molecular complexity index is 1160. The first kappa shape index (κ1) is 53.4. The zero-order valence-electron chi connectivity index (χ0n) is 35.0. The molecule has 0 heterocycles. The van der Waals surface area contributed by atoms with Gasteiger partial charge in [-0.15, -0.1) is 0 Å². The normalized spacial score (nSPS) is 14.6. The molecule has 0 radical (unpaired) electrons. The van der Waals surface area contributed by atoms with E-state index in [1.54, 1.807) is 18.2 Å². The van der Waals surface area contributed by atoms with Gasteiger partial charge in [0.2, 0.25) is 0 Å². The number of carbonyl (C=O) groups excluding carboxylic acids is 2. The minimum Gasteiger partial charge on any atom is -0.462 e. The summed E-state index contributed by atoms with van der Waals surface area (Å²) in [6.07, 6.45) is 45.4. The average Bonchev–Trinajstić information content (AvgIpc) is 3.18. The third-order valence-electron chi connectivity index (χ3n) is 8.70. The number of aliphatic hydroxyl groups is 1. The molecule has 10 nitrogen and oxygen atoms in total. The molecule has 0 aliphatic carbocycles. The molecule has 0 aromatic rings. The maximum atomic E-state index is 12.6. The number of carbonyl (C=O) groups is 2. The van der Waals surface area contributed by atoms with Crippen LogP contribution in [-0.2, 0) is 32.7 Å². The average molecular weight is 808 g/mol. The summed E-state index contributed by atoms with van der Waals surface area (Å²) < 4.78 is 32.6. The van der Waals surface area contributed by atoms with Gasteiger partial charge in [-0.3, -0.25) is 18.6 Å². The number of hydrogen-bond donors (Lipinski definition) is 3. The van der Waals surface area contributed by atoms with Crippen molar-refractivity contribution in [1.82, 2.24) is 0 Å². The van der Waals surface area contributed by atoms with E-state index in [-0.39, 0.29) is 32.6 Å². The molecule has 0 aromatic heterocycles. The summed E-state index contributed by atoms with van der Waals surface area (Å²) in [6.45, 7) is 3.40. The van der Waals surface area contributed by atoms with Gasteiger partial charge in [-0.2, -0.15) is 0 Å². The Kier molecular flexibility index (Phi) is 38.7. The van der Waals surface area contributed by atoms with Crippen molar-refractivity contribution in [2.45, 2.75) is 174 Å². The van der Waals surface area contributed by atoms with Crippen molar-refractivity contribution in [2.24, 2.45) is 5.73 Å². The van der Waals surface area contributed by atoms with Crippen molar-refractivity contribution >= 4 is 19.8 Å². The quantitative estimate of drug-likeness (QED) is 0.0180. The zero-order valence-corrected chi connectivity index (χ0v) is 35.8. The topological polar surface area (TPSA) is 155 Å². The summed E-state index contributed by atoms with van der Waals surface area (Å²) in [5.41, 5.74) is 5.33. The number of allylic oxidation sites excluding steroid dienone is 10. The molecule has 4 N–H and O–H groups in total. The molecule has 0 saturated heterocycles. The number of aliphatic hydroxyl groups excluding tert-OH is 1. The number of unbranched alkanes of at least 4 members (excludes halogenated alkanes) is 14. The van der Waals surface area contributed by atoms with Crippen LogP contribution in [0.4, 0.5) is 0 Å². The van der Waals surface area contributed by atoms with Gasteiger partial charge in [0.05, 0.1) is 19.3 Å². The van der Waals surface area contributed by atoms with Gasteiger partial charge in [-0.1, -0.05) is 177 Å². The second-order valence-corrected chi connectivity index (χ2v) is 15.5. The molecule has 0 aromatic carbocycles. The fourth-order valence-corrected chi connectivity index (χ4v) is 6.27. The van der Waals surface area contributed by atoms with Gasteiger partial charge in [-0.05, 0) is 44.9 Å². The maximum absolute atomic E-state index is 12.6. The third kappa shape index (κ3) is 39.6. The largest absolute Gasteiger partial charge is 0.472 e. The second-order valence-electron chi connectivity index (χ2n) is 14.0. The van der Waals surface area contributed by atoms with Crippen molar-refractivity contribution < 1.29 is 42.7 Å². The van der Waals surface area contributed by atoms with E-state index in [4.69, 9.17) is 24.3 Å². The van der Waals surface area contributed by atoms with Gasteiger partial charge in [0, 0.05) is 19.4 Å². The van der Waals surface area contributed by atoms with E-state index < -0.39 is 38.6 Å². The zero-order chi connectivity index (χ0) is 41.2. The van der Waals surface area contributed by atoms with Gasteiger partial charge < -0.3 is 25.2 Å². The Morgan fingerprint density at radius 2 is 1.20 bits per heavy atom. The van der Waals surface area contributed by atoms with Gasteiger partial charge in [0.25, 0.3) is 0 Å². The lowest BCUT2D eigenvalue weighted by atomic mass is 10.0. The predicted octanol–water partition coefficient (Wildman–Crippen LogP) is 11.2. The first-order valence-corrected chi connectivity index (χ1v) is 23.0. The number of esters is 2. The molecule has 322 valence electrons. The minimum atomic E-state index is -4.43. The van der Waals surface area contributed by atoms with E-state index in [2.05, 4.69) is 50.3 Å². The number of hydrogen-bond acceptors (Lipinski definition) is 9. The first-order chi connectivity index (χ1) is 27.2. The Labute approximate surface area is 340 Å². The van der Waals surface area contributed by atoms with E-state index >= 15 is 0 Å². The predicted molar refractivity (Wildman–Crippen MR) is 230 cm³/mol. The van der Waals surface area contributed by atoms with Gasteiger partial charge in [0.1, 0.15) is 6.61 Å². The van der Waals surface area contributed by atoms with Crippen LogP contribution in [0.2, 0.25) is 0 Å². The standard InChI is InChI=1S/C45H78NO9P/c1-3-5-7-9-11-13-15-17-18-20-22-24-26-28-32-36-44(48)52-40-43(41-54-56(50,51)53-39-38-46)55-45(49)37-33-29-31-35-42(47)34-30-27-25-23-21-19-16-14-12-10-8-6-4-2/h6,8,12,14,19,21,25,27,29-31,34,42-43,47H,3-5,7,9-11,13,15-18,20,22-24,26,28,32-33,35-41,46H2,1-2H3,(H,50,51)/b8-6-,14-12-,21-19-,27-25-,31-29-,34-30-/t42?,43-/m1/s1. The van der Waals surface area contributed by atoms with Crippen LogP contribution in [0.25, 0.3) is 0 Å². The molecular formula is C45H78NO9P. The van der Waals surface area contributed by atoms with E-state index in [9.17, 15) is 24.2 Å². The fourth-order valence-electron chi connectivity index (χ4n) is 5.51. The van der Waals surface area contributed by atoms with E-state index in [1.165, 1.54) is 70.6 Å². The van der Waals surface area contributed by atoms with Crippen molar-refractivity contribution in [1.29, 1.82) is 0 Å². The Hall–Kier alpha value is -2.59. The molecular weight excluding hydrogens is 729 g/mol. The molecule has 0 aliphatic rings. The highest BCUT2D eigenvalue weighted by Gasteiger charge is 2.25. The summed E-state index contributed by atoms with van der Waals surface area (Å²) in [7, 11) is -4.43. The highest BCUT2D eigenvalue weighted by atomic mass is 31.2. The van der Waals surface area contributed by atoms with Crippen LogP contribution in [0.15, 0.2) is 72.9 Å². The molecule has 0 aliphatic heterocycles. The SMILES string of the molecule is CC/C=C\C/C=C\C/C=C\C/C=C\C=C/C(O)C/C=C\CCC(=O)O[C@H](COC(=O)CCCCCCCCCCCCCCCCC)COP(=O)(O)OCCN. The molecule has 11 heteroatoms. The molecule has 0 saturated carbocycles. The lowest BCUT2D eigenvalue weighted by Gasteiger charge is -2.19. The van der Waals surface area contributed by atoms with E-state index in [0.29, 0.717) is 19.3 Å². The molecule has 0 bridgehead atoms. The number of phosphoric acid groups is 1. The highest BCUT2D eigenvalue weighted by Crippen LogP contribution is 2.43. The lowest BCUT2D eigenvalue weighted by molar-refractivity contribution is -0.161. The van der Waals surface area contributed by atoms with Crippen molar-refractivity contribution in [3.05, 3.63) is 72.9 Å². The highest BCUT2D eigenvalue weighted by molar-refractivity contribution is 7.47. The number of phosphoric ester groups is 1. The van der Waals surface area contributed by atoms with Crippen LogP contribution < -0.4 is 5.73 Å². The van der Waals surface area contributed by atoms with Gasteiger partial charge in [-0.25, -0.2) is 4.57 Å². The number of ether oxygens (including phenoxy) is 2. The van der Waals surface area contributed by atoms with Crippen LogP contribution in [0.1, 0.15) is 162 Å². The summed E-state index contributed by atoms with van der Waals surface area (Å²) in [5.74, 6) is -1.01. The van der Waals surface area contributed by atoms with Crippen LogP contribution in [-0.4, -0.2) is 60.5 Å². The first-order valence-electron chi connectivity index (χ1n) is 21.5. The number of nitrogens with two attached hydrogens (primary N) is 1. The fraction of sp³-hybridized carbons (Fsp3) is 0.689. The van der Waals surface area contributed by atoms with Crippen molar-refractivity contribution in [3.8, 4) is 0 Å². The van der Waals surface area contributed by atoms with Crippen LogP contribution >= 0.6 is 7.82 Å². The Morgan fingerprint density at radius 1 is 0.643 bits per heavy atom. The van der Waals surface area contributed by atoms with Crippen LogP contribution in [0.3, 0.4) is 0 Å². The third-order valence-corrected chi connectivity index (χ3v) is 9.68. The van der Waals surface area contributed by atoms with Crippen LogP contribution in [0, 0.1) is 0 Å². The Balaban J connectivity index is 4.39. The maximum Gasteiger partial charge on any atom is 0.472 e. The van der Waals surface area contributed by atoms with E-state index in [0.717, 1.165) is 44.9 Å². The molecule has 56 heavy (non-hydrogen) atoms. The lowest BCUT2D eigenvalue weighted by Crippen LogP contribution is -2.29. The smallest absolute Gasteiger partial charge is 0.462 e. The van der Waals surface area contributed by atoms with Crippen molar-refractivity contribution in [3.63, 3.8) is 0 Å². The summed E-state index contributed by atoms with van der Waals surface area (Å²) in [6, 6.07) is 0. The number of rotatable bonds is 39. The molecule has 2 unspecified atom stereocenters. The molecule has 0 amide bonds. The molecule has 0 fully saturated rings. The summed E-state index contributed by atoms with van der Waals surface area (Å²) >= 11 is 0. The second kappa shape index (κ2) is 40.6.